The van der Waals surface area contributed by atoms with Crippen LogP contribution >= 0.6 is 11.6 Å². The maximum absolute atomic E-state index is 12.3. The molecule has 128 valence electrons. The summed E-state index contributed by atoms with van der Waals surface area (Å²) in [5, 5.41) is 2.73. The summed E-state index contributed by atoms with van der Waals surface area (Å²) in [4.78, 5) is 15.7. The lowest BCUT2D eigenvalue weighted by Gasteiger charge is -2.20. The van der Waals surface area contributed by atoms with Crippen LogP contribution in [0.5, 0.6) is 0 Å². The maximum Gasteiger partial charge on any atom is 0.264 e. The summed E-state index contributed by atoms with van der Waals surface area (Å²) in [6, 6.07) is 8.97. The van der Waals surface area contributed by atoms with Crippen LogP contribution in [0, 0.1) is 0 Å². The van der Waals surface area contributed by atoms with Gasteiger partial charge in [-0.3, -0.25) is 9.52 Å². The van der Waals surface area contributed by atoms with E-state index in [9.17, 15) is 13.2 Å². The van der Waals surface area contributed by atoms with E-state index in [0.29, 0.717) is 11.3 Å². The van der Waals surface area contributed by atoms with E-state index < -0.39 is 10.0 Å². The second-order valence-corrected chi connectivity index (χ2v) is 8.19. The second kappa shape index (κ2) is 6.78. The number of nitrogens with zero attached hydrogens (tertiary/aromatic N) is 1. The number of carbonyl (C=O) groups is 1. The molecule has 0 saturated heterocycles. The first kappa shape index (κ1) is 18.2. The molecule has 0 atom stereocenters. The lowest BCUT2D eigenvalue weighted by molar-refractivity contribution is 0.0919. The Bertz CT molecular complexity index is 844. The third-order valence-electron chi connectivity index (χ3n) is 2.90. The molecule has 1 amide bonds. The Hall–Kier alpha value is -2.12. The van der Waals surface area contributed by atoms with Crippen LogP contribution in [0.4, 0.5) is 5.69 Å². The van der Waals surface area contributed by atoms with Crippen molar-refractivity contribution in [3.63, 3.8) is 0 Å². The minimum Gasteiger partial charge on any atom is -0.347 e. The van der Waals surface area contributed by atoms with Gasteiger partial charge in [-0.05, 0) is 57.2 Å². The van der Waals surface area contributed by atoms with E-state index in [0.717, 1.165) is 0 Å². The minimum atomic E-state index is -3.85. The first-order chi connectivity index (χ1) is 11.1. The molecule has 0 radical (unpaired) electrons. The molecule has 0 saturated carbocycles. The standard InChI is InChI=1S/C16H18ClN3O3S/c1-16(2,3)19-15(21)11-6-8-12(9-7-11)20-24(22,23)13-5-4-10-18-14(13)17/h4-10,20H,1-3H3,(H,19,21). The van der Waals surface area contributed by atoms with Gasteiger partial charge in [0.1, 0.15) is 10.0 Å². The number of halogens is 1. The van der Waals surface area contributed by atoms with Crippen LogP contribution in [0.2, 0.25) is 5.15 Å². The summed E-state index contributed by atoms with van der Waals surface area (Å²) in [5.41, 5.74) is 0.406. The number of sulfonamides is 1. The van der Waals surface area contributed by atoms with Crippen molar-refractivity contribution in [2.45, 2.75) is 31.2 Å². The molecule has 1 heterocycles. The molecular formula is C16H18ClN3O3S. The van der Waals surface area contributed by atoms with Crippen molar-refractivity contribution >= 4 is 33.2 Å². The van der Waals surface area contributed by atoms with Crippen molar-refractivity contribution in [3.8, 4) is 0 Å². The van der Waals surface area contributed by atoms with Crippen LogP contribution < -0.4 is 10.0 Å². The van der Waals surface area contributed by atoms with E-state index in [4.69, 9.17) is 11.6 Å². The summed E-state index contributed by atoms with van der Waals surface area (Å²) in [5.74, 6) is -0.229. The van der Waals surface area contributed by atoms with E-state index in [1.165, 1.54) is 30.5 Å². The molecule has 1 aromatic heterocycles. The summed E-state index contributed by atoms with van der Waals surface area (Å²) in [7, 11) is -3.85. The molecule has 24 heavy (non-hydrogen) atoms. The fourth-order valence-electron chi connectivity index (χ4n) is 1.88. The number of nitrogens with one attached hydrogen (secondary N) is 2. The fraction of sp³-hybridized carbons (Fsp3) is 0.250. The van der Waals surface area contributed by atoms with Crippen LogP contribution in [-0.2, 0) is 10.0 Å². The lowest BCUT2D eigenvalue weighted by Crippen LogP contribution is -2.40. The Labute approximate surface area is 146 Å². The average Bonchev–Trinajstić information content (AvgIpc) is 2.46. The van der Waals surface area contributed by atoms with Crippen LogP contribution in [0.15, 0.2) is 47.5 Å². The van der Waals surface area contributed by atoms with Crippen molar-refractivity contribution in [3.05, 3.63) is 53.3 Å². The molecule has 1 aromatic carbocycles. The van der Waals surface area contributed by atoms with Crippen LogP contribution in [0.1, 0.15) is 31.1 Å². The molecular weight excluding hydrogens is 350 g/mol. The van der Waals surface area contributed by atoms with Crippen LogP contribution in [-0.4, -0.2) is 24.8 Å². The van der Waals surface area contributed by atoms with Gasteiger partial charge in [0.2, 0.25) is 0 Å². The zero-order valence-corrected chi connectivity index (χ0v) is 15.1. The van der Waals surface area contributed by atoms with Crippen molar-refractivity contribution in [1.29, 1.82) is 0 Å². The molecule has 0 aliphatic rings. The predicted molar refractivity (Wildman–Crippen MR) is 93.7 cm³/mol. The quantitative estimate of drug-likeness (QED) is 0.813. The number of aromatic nitrogens is 1. The highest BCUT2D eigenvalue weighted by Crippen LogP contribution is 2.21. The minimum absolute atomic E-state index is 0.105. The number of carbonyl (C=O) groups excluding carboxylic acids is 1. The Balaban J connectivity index is 2.17. The molecule has 2 rings (SSSR count). The summed E-state index contributed by atoms with van der Waals surface area (Å²) >= 11 is 5.82. The third kappa shape index (κ3) is 4.69. The third-order valence-corrected chi connectivity index (χ3v) is 4.73. The Kier molecular flexibility index (Phi) is 5.15. The topological polar surface area (TPSA) is 88.2 Å². The highest BCUT2D eigenvalue weighted by molar-refractivity contribution is 7.92. The van der Waals surface area contributed by atoms with Gasteiger partial charge in [-0.2, -0.15) is 0 Å². The Morgan fingerprint density at radius 2 is 1.75 bits per heavy atom. The summed E-state index contributed by atoms with van der Waals surface area (Å²) < 4.78 is 27.0. The van der Waals surface area contributed by atoms with Gasteiger partial charge < -0.3 is 5.32 Å². The molecule has 0 spiro atoms. The number of amides is 1. The van der Waals surface area contributed by atoms with E-state index in [2.05, 4.69) is 15.0 Å². The number of rotatable bonds is 4. The van der Waals surface area contributed by atoms with Crippen molar-refractivity contribution in [2.75, 3.05) is 4.72 Å². The van der Waals surface area contributed by atoms with Crippen LogP contribution in [0.25, 0.3) is 0 Å². The molecule has 8 heteroatoms. The van der Waals surface area contributed by atoms with Crippen molar-refractivity contribution in [2.24, 2.45) is 0 Å². The average molecular weight is 368 g/mol. The SMILES string of the molecule is CC(C)(C)NC(=O)c1ccc(NS(=O)(=O)c2cccnc2Cl)cc1. The molecule has 0 bridgehead atoms. The number of hydrogen-bond donors (Lipinski definition) is 2. The highest BCUT2D eigenvalue weighted by atomic mass is 35.5. The van der Waals surface area contributed by atoms with Crippen molar-refractivity contribution in [1.82, 2.24) is 10.3 Å². The Morgan fingerprint density at radius 1 is 1.12 bits per heavy atom. The fourth-order valence-corrected chi connectivity index (χ4v) is 3.40. The summed E-state index contributed by atoms with van der Waals surface area (Å²) in [6.07, 6.45) is 1.41. The number of hydrogen-bond acceptors (Lipinski definition) is 4. The van der Waals surface area contributed by atoms with Gasteiger partial charge in [-0.25, -0.2) is 13.4 Å². The van der Waals surface area contributed by atoms with Gasteiger partial charge in [-0.15, -0.1) is 0 Å². The Morgan fingerprint density at radius 3 is 2.29 bits per heavy atom. The van der Waals surface area contributed by atoms with Gasteiger partial charge in [0.15, 0.2) is 0 Å². The second-order valence-electron chi connectivity index (χ2n) is 6.18. The normalized spacial score (nSPS) is 11.8. The zero-order valence-electron chi connectivity index (χ0n) is 13.5. The zero-order chi connectivity index (χ0) is 18.0. The first-order valence-electron chi connectivity index (χ1n) is 7.14. The van der Waals surface area contributed by atoms with Gasteiger partial charge in [0.25, 0.3) is 15.9 Å². The smallest absolute Gasteiger partial charge is 0.264 e. The van der Waals surface area contributed by atoms with E-state index >= 15 is 0 Å². The molecule has 0 aliphatic heterocycles. The molecule has 2 aromatic rings. The van der Waals surface area contributed by atoms with E-state index in [1.54, 1.807) is 12.1 Å². The number of anilines is 1. The number of pyridine rings is 1. The van der Waals surface area contributed by atoms with Gasteiger partial charge in [0, 0.05) is 23.0 Å². The predicted octanol–water partition coefficient (Wildman–Crippen LogP) is 3.06. The largest absolute Gasteiger partial charge is 0.347 e. The van der Waals surface area contributed by atoms with Gasteiger partial charge in [-0.1, -0.05) is 11.6 Å². The monoisotopic (exact) mass is 367 g/mol. The summed E-state index contributed by atoms with van der Waals surface area (Å²) in [6.45, 7) is 5.64. The van der Waals surface area contributed by atoms with Crippen LogP contribution in [0.3, 0.4) is 0 Å². The molecule has 0 unspecified atom stereocenters. The molecule has 2 N–H and O–H groups in total. The van der Waals surface area contributed by atoms with Gasteiger partial charge in [0.05, 0.1) is 0 Å². The van der Waals surface area contributed by atoms with E-state index in [1.807, 2.05) is 20.8 Å². The molecule has 6 nitrogen and oxygen atoms in total. The molecule has 0 fully saturated rings. The lowest BCUT2D eigenvalue weighted by atomic mass is 10.1. The first-order valence-corrected chi connectivity index (χ1v) is 9.00. The van der Waals surface area contributed by atoms with E-state index in [-0.39, 0.29) is 21.5 Å². The number of benzene rings is 1. The van der Waals surface area contributed by atoms with Crippen molar-refractivity contribution < 1.29 is 13.2 Å². The maximum atomic E-state index is 12.3. The van der Waals surface area contributed by atoms with Gasteiger partial charge >= 0.3 is 0 Å². The highest BCUT2D eigenvalue weighted by Gasteiger charge is 2.19. The molecule has 0 aliphatic carbocycles.